The first-order valence-corrected chi connectivity index (χ1v) is 13.2. The van der Waals surface area contributed by atoms with Gasteiger partial charge in [-0.2, -0.15) is 23.5 Å². The molecule has 0 radical (unpaired) electrons. The molecule has 86 valence electrons. The molecule has 0 heterocycles. The lowest BCUT2D eigenvalue weighted by atomic mass is 10.6. The minimum absolute atomic E-state index is 0.346. The van der Waals surface area contributed by atoms with E-state index >= 15 is 0 Å². The molecule has 0 aliphatic carbocycles. The Morgan fingerprint density at radius 2 is 1.14 bits per heavy atom. The fourth-order valence-corrected chi connectivity index (χ4v) is 5.62. The fraction of sp³-hybridized carbons (Fsp3) is 1.00. The fourth-order valence-electron chi connectivity index (χ4n) is 1.23. The molecule has 0 aromatic carbocycles. The van der Waals surface area contributed by atoms with E-state index in [0.717, 1.165) is 0 Å². The van der Waals surface area contributed by atoms with Crippen LogP contribution >= 0.6 is 23.5 Å². The summed E-state index contributed by atoms with van der Waals surface area (Å²) >= 11 is 4.33. The second-order valence-corrected chi connectivity index (χ2v) is 9.50. The Bertz CT molecular complexity index is 90.1. The van der Waals surface area contributed by atoms with Crippen LogP contribution in [-0.2, 0) is 0 Å². The molecule has 0 unspecified atom stereocenters. The third-order valence-electron chi connectivity index (χ3n) is 2.16. The monoisotopic (exact) mass is 266 g/mol. The van der Waals surface area contributed by atoms with Gasteiger partial charge in [0.05, 0.1) is 0 Å². The first kappa shape index (κ1) is 15.1. The molecular weight excluding hydrogens is 240 g/mol. The summed E-state index contributed by atoms with van der Waals surface area (Å²) in [4.78, 5) is 0. The van der Waals surface area contributed by atoms with E-state index in [1.165, 1.54) is 35.9 Å². The average molecular weight is 267 g/mol. The largest absolute Gasteiger partial charge is 0.161 e. The van der Waals surface area contributed by atoms with Gasteiger partial charge in [-0.1, -0.05) is 25.2 Å². The van der Waals surface area contributed by atoms with Crippen LogP contribution < -0.4 is 0 Å². The van der Waals surface area contributed by atoms with Gasteiger partial charge in [-0.3, -0.25) is 0 Å². The van der Waals surface area contributed by atoms with Gasteiger partial charge in [0.2, 0.25) is 0 Å². The first-order valence-electron chi connectivity index (χ1n) is 6.07. The predicted molar refractivity (Wildman–Crippen MR) is 82.3 cm³/mol. The Hall–Kier alpha value is 1.13. The second kappa shape index (κ2) is 14.1. The molecule has 0 aliphatic heterocycles. The maximum atomic E-state index is 2.41. The lowest BCUT2D eigenvalue weighted by Crippen LogP contribution is -1.91. The van der Waals surface area contributed by atoms with Crippen molar-refractivity contribution < 1.29 is 0 Å². The molecule has 0 saturated carbocycles. The Balaban J connectivity index is 2.78. The molecule has 4 heteroatoms. The zero-order valence-corrected chi connectivity index (χ0v) is 14.3. The van der Waals surface area contributed by atoms with E-state index in [0.29, 0.717) is 19.0 Å². The van der Waals surface area contributed by atoms with Crippen molar-refractivity contribution in [1.82, 2.24) is 0 Å². The maximum Gasteiger partial charge on any atom is 0.0167 e. The Morgan fingerprint density at radius 1 is 0.714 bits per heavy atom. The Labute approximate surface area is 103 Å². The molecule has 0 rings (SSSR count). The highest BCUT2D eigenvalue weighted by Crippen LogP contribution is 2.10. The van der Waals surface area contributed by atoms with Gasteiger partial charge in [0.25, 0.3) is 0 Å². The molecule has 0 saturated heterocycles. The molecule has 0 aliphatic rings. The highest BCUT2D eigenvalue weighted by atomic mass is 32.2. The van der Waals surface area contributed by atoms with Gasteiger partial charge in [0.1, 0.15) is 0 Å². The highest BCUT2D eigenvalue weighted by Gasteiger charge is 1.91. The topological polar surface area (TPSA) is 0 Å². The predicted octanol–water partition coefficient (Wildman–Crippen LogP) is 2.50. The van der Waals surface area contributed by atoms with Gasteiger partial charge in [-0.05, 0) is 24.3 Å². The zero-order valence-electron chi connectivity index (χ0n) is 9.89. The van der Waals surface area contributed by atoms with Gasteiger partial charge >= 0.3 is 0 Å². The molecule has 0 amide bonds. The zero-order chi connectivity index (χ0) is 10.5. The maximum absolute atomic E-state index is 2.41. The molecule has 0 fully saturated rings. The van der Waals surface area contributed by atoms with Crippen molar-refractivity contribution in [2.75, 3.05) is 23.0 Å². The lowest BCUT2D eigenvalue weighted by Gasteiger charge is -2.01. The Morgan fingerprint density at radius 3 is 1.50 bits per heavy atom. The van der Waals surface area contributed by atoms with Crippen molar-refractivity contribution in [2.24, 2.45) is 0 Å². The van der Waals surface area contributed by atoms with Gasteiger partial charge in [0, 0.05) is 30.5 Å². The summed E-state index contributed by atoms with van der Waals surface area (Å²) in [5.41, 5.74) is 0. The summed E-state index contributed by atoms with van der Waals surface area (Å²) in [7, 11) is 0.692. The van der Waals surface area contributed by atoms with Crippen LogP contribution in [0.3, 0.4) is 0 Å². The standard InChI is InChI=1S/C10H26S2Si2/c1-13-9-3-5-11-7-8-12-6-4-10-14-2/h3-10,13-14H2,1-2H3. The van der Waals surface area contributed by atoms with Crippen LogP contribution in [0.2, 0.25) is 25.2 Å². The minimum atomic E-state index is 0.346. The lowest BCUT2D eigenvalue weighted by molar-refractivity contribution is 1.09. The number of rotatable bonds is 11. The molecule has 0 atom stereocenters. The van der Waals surface area contributed by atoms with E-state index in [-0.39, 0.29) is 0 Å². The van der Waals surface area contributed by atoms with Crippen molar-refractivity contribution >= 4 is 42.6 Å². The molecular formula is C10H26S2Si2. The van der Waals surface area contributed by atoms with E-state index in [1.807, 2.05) is 0 Å². The van der Waals surface area contributed by atoms with Crippen molar-refractivity contribution in [3.63, 3.8) is 0 Å². The number of hydrogen-bond donors (Lipinski definition) is 0. The highest BCUT2D eigenvalue weighted by molar-refractivity contribution is 8.02. The van der Waals surface area contributed by atoms with Gasteiger partial charge < -0.3 is 0 Å². The van der Waals surface area contributed by atoms with Crippen molar-refractivity contribution in [1.29, 1.82) is 0 Å². The van der Waals surface area contributed by atoms with Crippen LogP contribution in [0, 0.1) is 0 Å². The molecule has 0 spiro atoms. The molecule has 0 aromatic rings. The average Bonchev–Trinajstić information content (AvgIpc) is 2.21. The number of hydrogen-bond acceptors (Lipinski definition) is 2. The second-order valence-electron chi connectivity index (χ2n) is 3.64. The van der Waals surface area contributed by atoms with Gasteiger partial charge in [-0.15, -0.1) is 0 Å². The minimum Gasteiger partial charge on any atom is -0.161 e. The molecule has 0 aromatic heterocycles. The summed E-state index contributed by atoms with van der Waals surface area (Å²) in [6, 6.07) is 3.11. The SMILES string of the molecule is C[SiH2]CCCSCCSCCC[SiH2]C. The van der Waals surface area contributed by atoms with Crippen LogP contribution in [0.15, 0.2) is 0 Å². The van der Waals surface area contributed by atoms with E-state index in [2.05, 4.69) is 36.6 Å². The molecule has 0 bridgehead atoms. The van der Waals surface area contributed by atoms with E-state index in [4.69, 9.17) is 0 Å². The van der Waals surface area contributed by atoms with E-state index in [1.54, 1.807) is 12.1 Å². The van der Waals surface area contributed by atoms with Crippen molar-refractivity contribution in [2.45, 2.75) is 38.0 Å². The van der Waals surface area contributed by atoms with Crippen molar-refractivity contribution in [3.8, 4) is 0 Å². The third-order valence-corrected chi connectivity index (χ3v) is 6.97. The molecule has 14 heavy (non-hydrogen) atoms. The summed E-state index contributed by atoms with van der Waals surface area (Å²) in [6.45, 7) is 4.83. The molecule has 0 N–H and O–H groups in total. The van der Waals surface area contributed by atoms with Gasteiger partial charge in [0.15, 0.2) is 0 Å². The summed E-state index contributed by atoms with van der Waals surface area (Å²) in [5.74, 6) is 5.62. The third kappa shape index (κ3) is 13.1. The van der Waals surface area contributed by atoms with Crippen LogP contribution in [0.25, 0.3) is 0 Å². The summed E-state index contributed by atoms with van der Waals surface area (Å²) < 4.78 is 0. The molecule has 0 nitrogen and oxygen atoms in total. The van der Waals surface area contributed by atoms with E-state index in [9.17, 15) is 0 Å². The van der Waals surface area contributed by atoms with Crippen LogP contribution in [0.4, 0.5) is 0 Å². The van der Waals surface area contributed by atoms with E-state index < -0.39 is 0 Å². The quantitative estimate of drug-likeness (QED) is 0.416. The normalized spacial score (nSPS) is 12.4. The van der Waals surface area contributed by atoms with Crippen LogP contribution in [0.1, 0.15) is 12.8 Å². The number of thioether (sulfide) groups is 2. The summed E-state index contributed by atoms with van der Waals surface area (Å²) in [6.07, 6.45) is 2.97. The summed E-state index contributed by atoms with van der Waals surface area (Å²) in [5, 5.41) is 0. The van der Waals surface area contributed by atoms with Gasteiger partial charge in [-0.25, -0.2) is 0 Å². The smallest absolute Gasteiger partial charge is 0.0167 e. The van der Waals surface area contributed by atoms with Crippen molar-refractivity contribution in [3.05, 3.63) is 0 Å². The van der Waals surface area contributed by atoms with Crippen LogP contribution in [0.5, 0.6) is 0 Å². The first-order chi connectivity index (χ1) is 6.91. The van der Waals surface area contributed by atoms with Crippen LogP contribution in [-0.4, -0.2) is 42.1 Å². The Kier molecular flexibility index (Phi) is 15.3.